The molecule has 0 unspecified atom stereocenters. The average Bonchev–Trinajstić information content (AvgIpc) is 2.87. The van der Waals surface area contributed by atoms with E-state index in [9.17, 15) is 23.3 Å². The van der Waals surface area contributed by atoms with Crippen LogP contribution in [-0.2, 0) is 21.4 Å². The normalized spacial score (nSPS) is 11.0. The van der Waals surface area contributed by atoms with Crippen molar-refractivity contribution in [2.24, 2.45) is 0 Å². The fraction of sp³-hybridized carbons (Fsp3) is 0.240. The first-order valence-electron chi connectivity index (χ1n) is 10.9. The minimum absolute atomic E-state index is 0.190. The molecule has 3 rings (SSSR count). The zero-order valence-electron chi connectivity index (χ0n) is 20.4. The summed E-state index contributed by atoms with van der Waals surface area (Å²) in [6.45, 7) is 1.18. The van der Waals surface area contributed by atoms with E-state index in [1.54, 1.807) is 25.2 Å². The van der Waals surface area contributed by atoms with Gasteiger partial charge in [0.05, 0.1) is 29.7 Å². The van der Waals surface area contributed by atoms with E-state index >= 15 is 0 Å². The molecule has 0 N–H and O–H groups in total. The summed E-state index contributed by atoms with van der Waals surface area (Å²) in [6, 6.07) is 17.0. The van der Waals surface area contributed by atoms with Crippen molar-refractivity contribution in [1.82, 2.24) is 4.90 Å². The van der Waals surface area contributed by atoms with Crippen molar-refractivity contribution >= 4 is 27.3 Å². The SMILES string of the molecule is COc1ccc(N(CC(=O)N(C)Cc2ccccc2OC)S(=O)(=O)c2ccc(C)c([N+](=O)[O-])c2)cc1. The Kier molecular flexibility index (Phi) is 8.15. The predicted molar refractivity (Wildman–Crippen MR) is 135 cm³/mol. The van der Waals surface area contributed by atoms with Crippen LogP contribution in [0.25, 0.3) is 0 Å². The summed E-state index contributed by atoms with van der Waals surface area (Å²) in [7, 11) is 0.220. The highest BCUT2D eigenvalue weighted by Gasteiger charge is 2.30. The van der Waals surface area contributed by atoms with Gasteiger partial charge in [-0.1, -0.05) is 24.3 Å². The molecule has 3 aromatic rings. The number of methoxy groups -OCH3 is 2. The van der Waals surface area contributed by atoms with Crippen molar-refractivity contribution < 1.29 is 27.6 Å². The van der Waals surface area contributed by atoms with E-state index in [0.29, 0.717) is 17.1 Å². The molecule has 11 heteroatoms. The third-order valence-corrected chi connectivity index (χ3v) is 7.40. The van der Waals surface area contributed by atoms with Crippen molar-refractivity contribution in [3.8, 4) is 11.5 Å². The van der Waals surface area contributed by atoms with Gasteiger partial charge < -0.3 is 14.4 Å². The number of hydrogen-bond donors (Lipinski definition) is 0. The van der Waals surface area contributed by atoms with Gasteiger partial charge in [0.15, 0.2) is 0 Å². The lowest BCUT2D eigenvalue weighted by Crippen LogP contribution is -2.41. The fourth-order valence-electron chi connectivity index (χ4n) is 3.56. The second-order valence-electron chi connectivity index (χ2n) is 7.98. The molecule has 0 radical (unpaired) electrons. The van der Waals surface area contributed by atoms with Gasteiger partial charge in [0.1, 0.15) is 18.0 Å². The number of nitro groups is 1. The molecule has 0 fully saturated rings. The Morgan fingerprint density at radius 1 is 1.00 bits per heavy atom. The van der Waals surface area contributed by atoms with Gasteiger partial charge in [0.2, 0.25) is 5.91 Å². The Bertz CT molecular complexity index is 1360. The van der Waals surface area contributed by atoms with Crippen LogP contribution in [0.1, 0.15) is 11.1 Å². The first-order chi connectivity index (χ1) is 17.1. The number of sulfonamides is 1. The molecule has 190 valence electrons. The number of hydrogen-bond acceptors (Lipinski definition) is 7. The van der Waals surface area contributed by atoms with Gasteiger partial charge in [-0.25, -0.2) is 8.42 Å². The maximum Gasteiger partial charge on any atom is 0.273 e. The van der Waals surface area contributed by atoms with Gasteiger partial charge in [-0.15, -0.1) is 0 Å². The number of amides is 1. The van der Waals surface area contributed by atoms with Crippen LogP contribution in [0.2, 0.25) is 0 Å². The largest absolute Gasteiger partial charge is 0.497 e. The Hall–Kier alpha value is -4.12. The lowest BCUT2D eigenvalue weighted by Gasteiger charge is -2.27. The maximum absolute atomic E-state index is 13.7. The lowest BCUT2D eigenvalue weighted by molar-refractivity contribution is -0.385. The third kappa shape index (κ3) is 5.74. The molecule has 0 saturated carbocycles. The number of nitro benzene ring substituents is 1. The molecule has 0 aliphatic rings. The summed E-state index contributed by atoms with van der Waals surface area (Å²) in [5, 5.41) is 11.4. The molecular weight excluding hydrogens is 486 g/mol. The van der Waals surface area contributed by atoms with Gasteiger partial charge >= 0.3 is 0 Å². The predicted octanol–water partition coefficient (Wildman–Crippen LogP) is 3.77. The number of aryl methyl sites for hydroxylation is 1. The van der Waals surface area contributed by atoms with Gasteiger partial charge in [-0.2, -0.15) is 0 Å². The smallest absolute Gasteiger partial charge is 0.273 e. The first-order valence-corrected chi connectivity index (χ1v) is 12.3. The molecular formula is C25H27N3O7S. The number of carbonyl (C=O) groups excluding carboxylic acids is 1. The van der Waals surface area contributed by atoms with Crippen LogP contribution in [-0.4, -0.2) is 52.0 Å². The van der Waals surface area contributed by atoms with Gasteiger partial charge in [0, 0.05) is 30.8 Å². The van der Waals surface area contributed by atoms with Gasteiger partial charge in [-0.3, -0.25) is 19.2 Å². The molecule has 0 aliphatic heterocycles. The summed E-state index contributed by atoms with van der Waals surface area (Å²) in [5.74, 6) is 0.618. The van der Waals surface area contributed by atoms with Crippen LogP contribution < -0.4 is 13.8 Å². The van der Waals surface area contributed by atoms with Crippen LogP contribution in [0, 0.1) is 17.0 Å². The topological polar surface area (TPSA) is 119 Å². The summed E-state index contributed by atoms with van der Waals surface area (Å²) >= 11 is 0. The average molecular weight is 514 g/mol. The summed E-state index contributed by atoms with van der Waals surface area (Å²) in [6.07, 6.45) is 0. The summed E-state index contributed by atoms with van der Waals surface area (Å²) in [5.41, 5.74) is 0.954. The summed E-state index contributed by atoms with van der Waals surface area (Å²) < 4.78 is 38.8. The fourth-order valence-corrected chi connectivity index (χ4v) is 4.99. The van der Waals surface area contributed by atoms with Crippen LogP contribution in [0.5, 0.6) is 11.5 Å². The van der Waals surface area contributed by atoms with Crippen molar-refractivity contribution in [1.29, 1.82) is 0 Å². The summed E-state index contributed by atoms with van der Waals surface area (Å²) in [4.78, 5) is 25.1. The first kappa shape index (κ1) is 26.5. The molecule has 0 saturated heterocycles. The molecule has 0 atom stereocenters. The monoisotopic (exact) mass is 513 g/mol. The third-order valence-electron chi connectivity index (χ3n) is 5.63. The zero-order valence-corrected chi connectivity index (χ0v) is 21.2. The lowest BCUT2D eigenvalue weighted by atomic mass is 10.2. The molecule has 0 bridgehead atoms. The number of carbonyl (C=O) groups is 1. The Morgan fingerprint density at radius 2 is 1.67 bits per heavy atom. The molecule has 10 nitrogen and oxygen atoms in total. The van der Waals surface area contributed by atoms with E-state index in [2.05, 4.69) is 0 Å². The maximum atomic E-state index is 13.7. The van der Waals surface area contributed by atoms with E-state index in [4.69, 9.17) is 9.47 Å². The second kappa shape index (κ2) is 11.1. The molecule has 1 amide bonds. The highest BCUT2D eigenvalue weighted by Crippen LogP contribution is 2.29. The Morgan fingerprint density at radius 3 is 2.28 bits per heavy atom. The highest BCUT2D eigenvalue weighted by molar-refractivity contribution is 7.92. The number of rotatable bonds is 10. The Labute approximate surface area is 209 Å². The van der Waals surface area contributed by atoms with Crippen LogP contribution in [0.4, 0.5) is 11.4 Å². The second-order valence-corrected chi connectivity index (χ2v) is 9.84. The standard InChI is InChI=1S/C25H27N3O7S/c1-18-9-14-22(15-23(18)28(30)31)36(32,33)27(20-10-12-21(34-3)13-11-20)17-25(29)26(2)16-19-7-5-6-8-24(19)35-4/h5-15H,16-17H2,1-4H3. The zero-order chi connectivity index (χ0) is 26.5. The van der Waals surface area contributed by atoms with Crippen molar-refractivity contribution in [2.75, 3.05) is 32.1 Å². The number of anilines is 1. The minimum Gasteiger partial charge on any atom is -0.497 e. The molecule has 0 aliphatic carbocycles. The van der Waals surface area contributed by atoms with Crippen molar-refractivity contribution in [2.45, 2.75) is 18.4 Å². The molecule has 3 aromatic carbocycles. The van der Waals surface area contributed by atoms with Crippen molar-refractivity contribution in [3.05, 3.63) is 88.0 Å². The van der Waals surface area contributed by atoms with Gasteiger partial charge in [-0.05, 0) is 43.3 Å². The molecule has 0 aromatic heterocycles. The van der Waals surface area contributed by atoms with Crippen LogP contribution in [0.15, 0.2) is 71.6 Å². The van der Waals surface area contributed by atoms with Crippen molar-refractivity contribution in [3.63, 3.8) is 0 Å². The molecule has 36 heavy (non-hydrogen) atoms. The van der Waals surface area contributed by atoms with E-state index in [1.165, 1.54) is 50.3 Å². The molecule has 0 spiro atoms. The quantitative estimate of drug-likeness (QED) is 0.299. The number of ether oxygens (including phenoxy) is 2. The van der Waals surface area contributed by atoms with Gasteiger partial charge in [0.25, 0.3) is 15.7 Å². The van der Waals surface area contributed by atoms with E-state index < -0.39 is 27.4 Å². The highest BCUT2D eigenvalue weighted by atomic mass is 32.2. The number of para-hydroxylation sites is 1. The number of likely N-dealkylation sites (N-methyl/N-ethyl adjacent to an activating group) is 1. The van der Waals surface area contributed by atoms with E-state index in [1.807, 2.05) is 18.2 Å². The number of nitrogens with zero attached hydrogens (tertiary/aromatic N) is 3. The van der Waals surface area contributed by atoms with E-state index in [-0.39, 0.29) is 22.8 Å². The van der Waals surface area contributed by atoms with E-state index in [0.717, 1.165) is 15.9 Å². The number of benzene rings is 3. The van der Waals surface area contributed by atoms with Crippen LogP contribution in [0.3, 0.4) is 0 Å². The Balaban J connectivity index is 1.99. The molecule has 0 heterocycles. The van der Waals surface area contributed by atoms with Crippen LogP contribution >= 0.6 is 0 Å². The minimum atomic E-state index is -4.34.